The molecule has 0 radical (unpaired) electrons. The Balaban J connectivity index is 1.45. The summed E-state index contributed by atoms with van der Waals surface area (Å²) in [6.45, 7) is 4.29. The number of aryl methyl sites for hydroxylation is 1. The van der Waals surface area contributed by atoms with Gasteiger partial charge in [-0.1, -0.05) is 13.8 Å². The first-order chi connectivity index (χ1) is 13.0. The van der Waals surface area contributed by atoms with Crippen LogP contribution >= 0.6 is 11.3 Å². The number of carbonyl (C=O) groups excluding carboxylic acids is 1. The minimum atomic E-state index is -0.181. The number of carbonyl (C=O) groups is 1. The van der Waals surface area contributed by atoms with Gasteiger partial charge in [0.1, 0.15) is 10.3 Å². The van der Waals surface area contributed by atoms with E-state index in [0.717, 1.165) is 0 Å². The molecule has 3 heterocycles. The molecule has 4 aromatic rings. The molecule has 27 heavy (non-hydrogen) atoms. The molecule has 8 heteroatoms. The molecule has 0 spiro atoms. The molecule has 7 nitrogen and oxygen atoms in total. The van der Waals surface area contributed by atoms with E-state index < -0.39 is 0 Å². The molecule has 0 aliphatic rings. The van der Waals surface area contributed by atoms with E-state index in [1.807, 2.05) is 19.2 Å². The van der Waals surface area contributed by atoms with Gasteiger partial charge in [-0.15, -0.1) is 11.3 Å². The van der Waals surface area contributed by atoms with Crippen LogP contribution in [0.4, 0.5) is 5.69 Å². The van der Waals surface area contributed by atoms with E-state index >= 15 is 0 Å². The summed E-state index contributed by atoms with van der Waals surface area (Å²) >= 11 is 1.42. The van der Waals surface area contributed by atoms with Crippen molar-refractivity contribution in [3.05, 3.63) is 52.2 Å². The van der Waals surface area contributed by atoms with Crippen molar-refractivity contribution >= 4 is 44.2 Å². The first-order valence-electron chi connectivity index (χ1n) is 8.64. The fraction of sp³-hybridized carbons (Fsp3) is 0.263. The number of benzene rings is 1. The Bertz CT molecular complexity index is 1190. The number of hydrogen-bond acceptors (Lipinski definition) is 6. The molecule has 0 aliphatic carbocycles. The number of aromatic nitrogens is 3. The number of anilines is 1. The minimum Gasteiger partial charge on any atom is -0.440 e. The van der Waals surface area contributed by atoms with Gasteiger partial charge < -0.3 is 9.73 Å². The van der Waals surface area contributed by atoms with Crippen LogP contribution in [0.3, 0.4) is 0 Å². The van der Waals surface area contributed by atoms with Crippen LogP contribution in [0.1, 0.15) is 32.1 Å². The van der Waals surface area contributed by atoms with E-state index in [1.54, 1.807) is 24.3 Å². The van der Waals surface area contributed by atoms with Gasteiger partial charge in [-0.25, -0.2) is 9.97 Å². The van der Waals surface area contributed by atoms with Crippen LogP contribution in [0.2, 0.25) is 0 Å². The molecule has 1 amide bonds. The number of amides is 1. The quantitative estimate of drug-likeness (QED) is 0.568. The van der Waals surface area contributed by atoms with Crippen LogP contribution < -0.4 is 10.9 Å². The Hall–Kier alpha value is -3.00. The van der Waals surface area contributed by atoms with Gasteiger partial charge in [0.2, 0.25) is 5.91 Å². The van der Waals surface area contributed by atoms with Crippen molar-refractivity contribution in [3.8, 4) is 0 Å². The monoisotopic (exact) mass is 382 g/mol. The third kappa shape index (κ3) is 3.48. The summed E-state index contributed by atoms with van der Waals surface area (Å²) in [6.07, 6.45) is 1.66. The van der Waals surface area contributed by atoms with Crippen molar-refractivity contribution in [1.82, 2.24) is 14.5 Å². The van der Waals surface area contributed by atoms with Crippen molar-refractivity contribution < 1.29 is 9.21 Å². The topological polar surface area (TPSA) is 90.0 Å². The summed E-state index contributed by atoms with van der Waals surface area (Å²) in [5.41, 5.74) is 1.92. The van der Waals surface area contributed by atoms with E-state index in [4.69, 9.17) is 4.42 Å². The average Bonchev–Trinajstić information content (AvgIpc) is 3.28. The van der Waals surface area contributed by atoms with Gasteiger partial charge in [-0.2, -0.15) is 0 Å². The summed E-state index contributed by atoms with van der Waals surface area (Å²) in [7, 11) is 0. The number of nitrogens with zero attached hydrogens (tertiary/aromatic N) is 3. The highest BCUT2D eigenvalue weighted by Gasteiger charge is 2.11. The number of fused-ring (bicyclic) bond motifs is 2. The van der Waals surface area contributed by atoms with Crippen LogP contribution in [0.25, 0.3) is 21.3 Å². The lowest BCUT2D eigenvalue weighted by Crippen LogP contribution is -2.23. The van der Waals surface area contributed by atoms with Crippen LogP contribution in [0.5, 0.6) is 0 Å². The number of rotatable bonds is 5. The van der Waals surface area contributed by atoms with Gasteiger partial charge in [0.15, 0.2) is 11.5 Å². The molecule has 4 rings (SSSR count). The van der Waals surface area contributed by atoms with Gasteiger partial charge in [0.25, 0.3) is 5.56 Å². The number of nitrogens with one attached hydrogen (secondary N) is 1. The molecule has 1 N–H and O–H groups in total. The second-order valence-electron chi connectivity index (χ2n) is 6.57. The van der Waals surface area contributed by atoms with Crippen molar-refractivity contribution in [1.29, 1.82) is 0 Å². The fourth-order valence-electron chi connectivity index (χ4n) is 2.77. The highest BCUT2D eigenvalue weighted by Crippen LogP contribution is 2.23. The zero-order chi connectivity index (χ0) is 19.0. The smallest absolute Gasteiger partial charge is 0.262 e. The van der Waals surface area contributed by atoms with Crippen LogP contribution in [0, 0.1) is 0 Å². The predicted molar refractivity (Wildman–Crippen MR) is 105 cm³/mol. The first-order valence-corrected chi connectivity index (χ1v) is 9.52. The summed E-state index contributed by atoms with van der Waals surface area (Å²) in [5, 5.41) is 5.26. The Labute approximate surface area is 158 Å². The molecule has 0 saturated heterocycles. The zero-order valence-electron chi connectivity index (χ0n) is 14.9. The van der Waals surface area contributed by atoms with Gasteiger partial charge in [0.05, 0.1) is 11.7 Å². The van der Waals surface area contributed by atoms with Gasteiger partial charge >= 0.3 is 0 Å². The summed E-state index contributed by atoms with van der Waals surface area (Å²) in [4.78, 5) is 34.0. The number of oxazole rings is 1. The van der Waals surface area contributed by atoms with Crippen molar-refractivity contribution in [2.24, 2.45) is 0 Å². The predicted octanol–water partition coefficient (Wildman–Crippen LogP) is 3.75. The Morgan fingerprint density at radius 3 is 3.00 bits per heavy atom. The molecule has 0 atom stereocenters. The van der Waals surface area contributed by atoms with Crippen LogP contribution in [-0.4, -0.2) is 20.4 Å². The third-order valence-corrected chi connectivity index (χ3v) is 5.03. The summed E-state index contributed by atoms with van der Waals surface area (Å²) < 4.78 is 7.13. The Kier molecular flexibility index (Phi) is 4.49. The molecule has 0 saturated carbocycles. The maximum absolute atomic E-state index is 12.3. The number of hydrogen-bond donors (Lipinski definition) is 1. The number of thiophene rings is 1. The maximum Gasteiger partial charge on any atom is 0.262 e. The molecular weight excluding hydrogens is 364 g/mol. The standard InChI is InChI=1S/C19H18N4O3S/c1-11(2)17-22-14-9-12(3-4-15(14)26-17)21-16(24)5-7-23-10-20-18-13(19(23)25)6-8-27-18/h3-4,6,8-11H,5,7H2,1-2H3,(H,21,24). The lowest BCUT2D eigenvalue weighted by molar-refractivity contribution is -0.116. The fourth-order valence-corrected chi connectivity index (χ4v) is 3.49. The second kappa shape index (κ2) is 6.96. The van der Waals surface area contributed by atoms with E-state index in [0.29, 0.717) is 32.9 Å². The molecule has 0 unspecified atom stereocenters. The summed E-state index contributed by atoms with van der Waals surface area (Å²) in [5.74, 6) is 0.686. The van der Waals surface area contributed by atoms with E-state index in [9.17, 15) is 9.59 Å². The normalized spacial score (nSPS) is 11.5. The van der Waals surface area contributed by atoms with E-state index in [2.05, 4.69) is 15.3 Å². The van der Waals surface area contributed by atoms with Gasteiger partial charge in [-0.3, -0.25) is 14.2 Å². The lowest BCUT2D eigenvalue weighted by Gasteiger charge is -2.07. The van der Waals surface area contributed by atoms with Gasteiger partial charge in [0, 0.05) is 24.6 Å². The van der Waals surface area contributed by atoms with Crippen LogP contribution in [-0.2, 0) is 11.3 Å². The summed E-state index contributed by atoms with van der Waals surface area (Å²) in [6, 6.07) is 7.11. The van der Waals surface area contributed by atoms with Crippen molar-refractivity contribution in [3.63, 3.8) is 0 Å². The van der Waals surface area contributed by atoms with E-state index in [-0.39, 0.29) is 30.3 Å². The molecule has 138 valence electrons. The maximum atomic E-state index is 12.3. The van der Waals surface area contributed by atoms with Crippen molar-refractivity contribution in [2.45, 2.75) is 32.7 Å². The molecular formula is C19H18N4O3S. The zero-order valence-corrected chi connectivity index (χ0v) is 15.7. The Morgan fingerprint density at radius 2 is 2.19 bits per heavy atom. The van der Waals surface area contributed by atoms with Crippen LogP contribution in [0.15, 0.2) is 45.2 Å². The molecule has 0 aliphatic heterocycles. The third-order valence-electron chi connectivity index (χ3n) is 4.21. The van der Waals surface area contributed by atoms with Gasteiger partial charge in [-0.05, 0) is 29.6 Å². The molecule has 1 aromatic carbocycles. The SMILES string of the molecule is CC(C)c1nc2cc(NC(=O)CCn3cnc4sccc4c3=O)ccc2o1. The van der Waals surface area contributed by atoms with E-state index in [1.165, 1.54) is 22.2 Å². The highest BCUT2D eigenvalue weighted by atomic mass is 32.1. The lowest BCUT2D eigenvalue weighted by atomic mass is 10.2. The molecule has 0 fully saturated rings. The largest absolute Gasteiger partial charge is 0.440 e. The molecule has 0 bridgehead atoms. The molecule has 3 aromatic heterocycles. The Morgan fingerprint density at radius 1 is 1.33 bits per heavy atom. The highest BCUT2D eigenvalue weighted by molar-refractivity contribution is 7.16. The average molecular weight is 382 g/mol. The first kappa shape index (κ1) is 17.4. The van der Waals surface area contributed by atoms with Crippen molar-refractivity contribution in [2.75, 3.05) is 5.32 Å². The second-order valence-corrected chi connectivity index (χ2v) is 7.46. The minimum absolute atomic E-state index is 0.126.